The quantitative estimate of drug-likeness (QED) is 0.769. The number of hydrogen-bond donors (Lipinski definition) is 2. The fraction of sp³-hybridized carbons (Fsp3) is 0.350. The highest BCUT2D eigenvalue weighted by molar-refractivity contribution is 5.93. The van der Waals surface area contributed by atoms with E-state index in [2.05, 4.69) is 5.32 Å². The molecule has 2 N–H and O–H groups in total. The number of rotatable bonds is 7. The molecule has 144 valence electrons. The van der Waals surface area contributed by atoms with Gasteiger partial charge in [0.05, 0.1) is 26.8 Å². The topological polar surface area (TPSA) is 70.5 Å². The molecule has 2 aromatic carbocycles. The van der Waals surface area contributed by atoms with E-state index < -0.39 is 0 Å². The van der Waals surface area contributed by atoms with Crippen molar-refractivity contribution in [2.24, 2.45) is 0 Å². The molecule has 1 aliphatic heterocycles. The third-order valence-corrected chi connectivity index (χ3v) is 4.73. The molecule has 1 heterocycles. The van der Waals surface area contributed by atoms with E-state index in [0.29, 0.717) is 35.2 Å². The molecule has 0 saturated carbocycles. The van der Waals surface area contributed by atoms with Crippen LogP contribution in [-0.2, 0) is 11.3 Å². The van der Waals surface area contributed by atoms with E-state index in [9.17, 15) is 4.79 Å². The monoisotopic (exact) mass is 373 g/mol. The lowest BCUT2D eigenvalue weighted by molar-refractivity contribution is -0.907. The summed E-state index contributed by atoms with van der Waals surface area (Å²) in [5.41, 5.74) is 1.67. The van der Waals surface area contributed by atoms with E-state index in [1.165, 1.54) is 0 Å². The molecule has 7 heteroatoms. The zero-order valence-electron chi connectivity index (χ0n) is 16.0. The molecule has 0 bridgehead atoms. The predicted molar refractivity (Wildman–Crippen MR) is 101 cm³/mol. The molecule has 2 aromatic rings. The molecule has 1 unspecified atom stereocenters. The SMILES string of the molecule is COc1cccc(C[NH+](C)[C@@H](C)C(=O)Nc2ccc3c(c2)OCO3)c1OC. The number of nitrogens with one attached hydrogen (secondary N) is 2. The van der Waals surface area contributed by atoms with Gasteiger partial charge >= 0.3 is 0 Å². The Bertz CT molecular complexity index is 824. The van der Waals surface area contributed by atoms with Crippen molar-refractivity contribution in [2.45, 2.75) is 19.5 Å². The van der Waals surface area contributed by atoms with Crippen molar-refractivity contribution in [3.63, 3.8) is 0 Å². The van der Waals surface area contributed by atoms with Crippen molar-refractivity contribution < 1.29 is 28.6 Å². The van der Waals surface area contributed by atoms with Crippen LogP contribution in [-0.4, -0.2) is 40.0 Å². The molecule has 1 amide bonds. The molecule has 27 heavy (non-hydrogen) atoms. The van der Waals surface area contributed by atoms with Crippen molar-refractivity contribution in [2.75, 3.05) is 33.4 Å². The third-order valence-electron chi connectivity index (χ3n) is 4.73. The highest BCUT2D eigenvalue weighted by Crippen LogP contribution is 2.34. The van der Waals surface area contributed by atoms with Gasteiger partial charge in [0.15, 0.2) is 29.0 Å². The van der Waals surface area contributed by atoms with Gasteiger partial charge in [-0.3, -0.25) is 4.79 Å². The number of fused-ring (bicyclic) bond motifs is 1. The zero-order chi connectivity index (χ0) is 19.4. The van der Waals surface area contributed by atoms with Gasteiger partial charge in [-0.2, -0.15) is 0 Å². The number of para-hydroxylation sites is 1. The summed E-state index contributed by atoms with van der Waals surface area (Å²) in [7, 11) is 5.20. The van der Waals surface area contributed by atoms with Crippen LogP contribution < -0.4 is 29.2 Å². The van der Waals surface area contributed by atoms with Crippen molar-refractivity contribution in [3.8, 4) is 23.0 Å². The number of likely N-dealkylation sites (N-methyl/N-ethyl adjacent to an activating group) is 1. The Hall–Kier alpha value is -2.93. The van der Waals surface area contributed by atoms with Crippen LogP contribution in [0.5, 0.6) is 23.0 Å². The lowest BCUT2D eigenvalue weighted by Crippen LogP contribution is -3.12. The fourth-order valence-electron chi connectivity index (χ4n) is 3.00. The van der Waals surface area contributed by atoms with Gasteiger partial charge in [0.1, 0.15) is 6.54 Å². The second-order valence-electron chi connectivity index (χ2n) is 6.45. The summed E-state index contributed by atoms with van der Waals surface area (Å²) in [6.45, 7) is 2.72. The number of methoxy groups -OCH3 is 2. The molecule has 0 aromatic heterocycles. The van der Waals surface area contributed by atoms with Gasteiger partial charge in [-0.25, -0.2) is 0 Å². The maximum absolute atomic E-state index is 12.7. The first-order valence-electron chi connectivity index (χ1n) is 8.76. The fourth-order valence-corrected chi connectivity index (χ4v) is 3.00. The summed E-state index contributed by atoms with van der Waals surface area (Å²) in [5, 5.41) is 2.94. The molecule has 2 atom stereocenters. The van der Waals surface area contributed by atoms with Crippen molar-refractivity contribution in [3.05, 3.63) is 42.0 Å². The second-order valence-corrected chi connectivity index (χ2v) is 6.45. The first kappa shape index (κ1) is 18.8. The Morgan fingerprint density at radius 3 is 2.70 bits per heavy atom. The number of anilines is 1. The normalized spacial score (nSPS) is 14.4. The molecule has 7 nitrogen and oxygen atoms in total. The smallest absolute Gasteiger partial charge is 0.282 e. The molecule has 0 fully saturated rings. The zero-order valence-corrected chi connectivity index (χ0v) is 16.0. The van der Waals surface area contributed by atoms with E-state index in [-0.39, 0.29) is 18.7 Å². The summed E-state index contributed by atoms with van der Waals surface area (Å²) < 4.78 is 21.5. The lowest BCUT2D eigenvalue weighted by Gasteiger charge is -2.22. The van der Waals surface area contributed by atoms with Crippen LogP contribution in [0.4, 0.5) is 5.69 Å². The average molecular weight is 373 g/mol. The minimum atomic E-state index is -0.272. The summed E-state index contributed by atoms with van der Waals surface area (Å²) in [6.07, 6.45) is 0. The van der Waals surface area contributed by atoms with E-state index in [1.807, 2.05) is 32.2 Å². The molecule has 3 rings (SSSR count). The van der Waals surface area contributed by atoms with E-state index in [4.69, 9.17) is 18.9 Å². The number of benzene rings is 2. The summed E-state index contributed by atoms with van der Waals surface area (Å²) in [5.74, 6) is 2.63. The van der Waals surface area contributed by atoms with Crippen LogP contribution in [0.15, 0.2) is 36.4 Å². The average Bonchev–Trinajstić information content (AvgIpc) is 3.14. The number of amides is 1. The Labute approximate surface area is 158 Å². The second kappa shape index (κ2) is 8.18. The number of quaternary nitrogens is 1. The lowest BCUT2D eigenvalue weighted by atomic mass is 10.1. The van der Waals surface area contributed by atoms with Crippen LogP contribution in [0, 0.1) is 0 Å². The summed E-state index contributed by atoms with van der Waals surface area (Å²) in [4.78, 5) is 13.7. The van der Waals surface area contributed by atoms with Crippen molar-refractivity contribution >= 4 is 11.6 Å². The summed E-state index contributed by atoms with van der Waals surface area (Å²) in [6, 6.07) is 10.8. The molecule has 0 spiro atoms. The molecule has 1 aliphatic rings. The maximum atomic E-state index is 12.7. The Kier molecular flexibility index (Phi) is 5.71. The van der Waals surface area contributed by atoms with E-state index in [0.717, 1.165) is 10.5 Å². The molecular weight excluding hydrogens is 348 g/mol. The minimum Gasteiger partial charge on any atom is -0.493 e. The van der Waals surface area contributed by atoms with Crippen LogP contribution in [0.25, 0.3) is 0 Å². The Morgan fingerprint density at radius 2 is 1.96 bits per heavy atom. The third kappa shape index (κ3) is 4.09. The number of ether oxygens (including phenoxy) is 4. The summed E-state index contributed by atoms with van der Waals surface area (Å²) >= 11 is 0. The minimum absolute atomic E-state index is 0.0757. The Morgan fingerprint density at radius 1 is 1.19 bits per heavy atom. The van der Waals surface area contributed by atoms with Crippen LogP contribution in [0.3, 0.4) is 0 Å². The van der Waals surface area contributed by atoms with Gasteiger partial charge < -0.3 is 29.2 Å². The maximum Gasteiger partial charge on any atom is 0.282 e. The van der Waals surface area contributed by atoms with Crippen molar-refractivity contribution in [1.82, 2.24) is 0 Å². The van der Waals surface area contributed by atoms with Gasteiger partial charge in [0, 0.05) is 11.8 Å². The first-order valence-corrected chi connectivity index (χ1v) is 8.76. The standard InChI is InChI=1S/C20H24N2O5/c1-13(20(23)21-15-8-9-16-18(10-15)27-12-26-16)22(2)11-14-6-5-7-17(24-3)19(14)25-4/h5-10,13H,11-12H2,1-4H3,(H,21,23)/p+1/t13-/m0/s1. The van der Waals surface area contributed by atoms with Crippen LogP contribution >= 0.6 is 0 Å². The highest BCUT2D eigenvalue weighted by Gasteiger charge is 2.24. The van der Waals surface area contributed by atoms with E-state index >= 15 is 0 Å². The highest BCUT2D eigenvalue weighted by atomic mass is 16.7. The number of hydrogen-bond acceptors (Lipinski definition) is 5. The van der Waals surface area contributed by atoms with Gasteiger partial charge in [-0.05, 0) is 31.2 Å². The molecular formula is C20H25N2O5+. The van der Waals surface area contributed by atoms with Gasteiger partial charge in [0.2, 0.25) is 6.79 Å². The number of carbonyl (C=O) groups is 1. The molecule has 0 radical (unpaired) electrons. The van der Waals surface area contributed by atoms with E-state index in [1.54, 1.807) is 32.4 Å². The Balaban J connectivity index is 1.66. The van der Waals surface area contributed by atoms with Crippen LogP contribution in [0.2, 0.25) is 0 Å². The predicted octanol–water partition coefficient (Wildman–Crippen LogP) is 1.47. The van der Waals surface area contributed by atoms with Gasteiger partial charge in [-0.15, -0.1) is 0 Å². The number of carbonyl (C=O) groups excluding carboxylic acids is 1. The first-order chi connectivity index (χ1) is 13.0. The van der Waals surface area contributed by atoms with Gasteiger partial charge in [-0.1, -0.05) is 6.07 Å². The largest absolute Gasteiger partial charge is 0.493 e. The van der Waals surface area contributed by atoms with Crippen LogP contribution in [0.1, 0.15) is 12.5 Å². The molecule has 0 aliphatic carbocycles. The van der Waals surface area contributed by atoms with Gasteiger partial charge in [0.25, 0.3) is 5.91 Å². The molecule has 0 saturated heterocycles. The van der Waals surface area contributed by atoms with Crippen molar-refractivity contribution in [1.29, 1.82) is 0 Å².